The predicted octanol–water partition coefficient (Wildman–Crippen LogP) is 3.78. The van der Waals surface area contributed by atoms with Gasteiger partial charge in [0.1, 0.15) is 17.1 Å². The van der Waals surface area contributed by atoms with Gasteiger partial charge in [0, 0.05) is 24.9 Å². The number of nitrogens with one attached hydrogen (secondary N) is 1. The Hall–Kier alpha value is -3.65. The number of carbonyl (C=O) groups is 1. The van der Waals surface area contributed by atoms with E-state index in [1.54, 1.807) is 55.1 Å². The van der Waals surface area contributed by atoms with E-state index in [4.69, 9.17) is 14.2 Å². The maximum absolute atomic E-state index is 12.9. The van der Waals surface area contributed by atoms with Crippen LogP contribution in [-0.4, -0.2) is 35.3 Å². The Morgan fingerprint density at radius 3 is 2.81 bits per heavy atom. The molecule has 1 unspecified atom stereocenters. The summed E-state index contributed by atoms with van der Waals surface area (Å²) in [7, 11) is 1.58. The molecule has 1 aliphatic rings. The van der Waals surface area contributed by atoms with Crippen LogP contribution < -0.4 is 20.3 Å². The van der Waals surface area contributed by atoms with Crippen LogP contribution in [0.15, 0.2) is 59.7 Å². The molecule has 166 valence electrons. The Labute approximate surface area is 185 Å². The summed E-state index contributed by atoms with van der Waals surface area (Å²) in [6.07, 6.45) is 5.10. The lowest BCUT2D eigenvalue weighted by atomic mass is 10.1. The molecule has 3 heterocycles. The smallest absolute Gasteiger partial charge is 0.263 e. The number of hydrogen-bond acceptors (Lipinski definition) is 6. The molecule has 2 aromatic heterocycles. The van der Waals surface area contributed by atoms with Gasteiger partial charge < -0.3 is 24.1 Å². The lowest BCUT2D eigenvalue weighted by molar-refractivity contribution is 0.0952. The first kappa shape index (κ1) is 21.6. The zero-order valence-electron chi connectivity index (χ0n) is 18.0. The van der Waals surface area contributed by atoms with Crippen molar-refractivity contribution in [2.75, 3.05) is 19.0 Å². The molecule has 0 aliphatic carbocycles. The molecule has 0 saturated carbocycles. The van der Waals surface area contributed by atoms with Gasteiger partial charge in [-0.25, -0.2) is 4.98 Å². The van der Waals surface area contributed by atoms with E-state index in [1.807, 2.05) is 12.1 Å². The Kier molecular flexibility index (Phi) is 6.51. The predicted molar refractivity (Wildman–Crippen MR) is 120 cm³/mol. The summed E-state index contributed by atoms with van der Waals surface area (Å²) in [6, 6.07) is 12.3. The van der Waals surface area contributed by atoms with Crippen LogP contribution in [-0.2, 0) is 11.3 Å². The van der Waals surface area contributed by atoms with Gasteiger partial charge in [0.25, 0.3) is 11.5 Å². The minimum absolute atomic E-state index is 0.00708. The molecule has 1 fully saturated rings. The number of amides is 1. The number of benzene rings is 1. The lowest BCUT2D eigenvalue weighted by Gasteiger charge is -2.14. The van der Waals surface area contributed by atoms with Crippen molar-refractivity contribution in [3.05, 3.63) is 76.3 Å². The highest BCUT2D eigenvalue weighted by molar-refractivity contribution is 6.04. The molecule has 8 nitrogen and oxygen atoms in total. The highest BCUT2D eigenvalue weighted by Gasteiger charge is 2.20. The molecule has 0 spiro atoms. The summed E-state index contributed by atoms with van der Waals surface area (Å²) in [5.41, 5.74) is 0.856. The molecule has 1 saturated heterocycles. The van der Waals surface area contributed by atoms with Gasteiger partial charge in [0.05, 0.1) is 31.6 Å². The molecule has 0 radical (unpaired) electrons. The molecular formula is C24H25N3O5. The van der Waals surface area contributed by atoms with Crippen molar-refractivity contribution in [3.8, 4) is 17.4 Å². The van der Waals surface area contributed by atoms with Gasteiger partial charge in [-0.1, -0.05) is 6.07 Å². The van der Waals surface area contributed by atoms with Gasteiger partial charge in [-0.3, -0.25) is 9.59 Å². The molecule has 1 N–H and O–H groups in total. The zero-order chi connectivity index (χ0) is 22.5. The summed E-state index contributed by atoms with van der Waals surface area (Å²) < 4.78 is 18.1. The van der Waals surface area contributed by atoms with E-state index in [-0.39, 0.29) is 17.2 Å². The lowest BCUT2D eigenvalue weighted by Crippen LogP contribution is -2.32. The zero-order valence-corrected chi connectivity index (χ0v) is 18.0. The van der Waals surface area contributed by atoms with E-state index in [1.165, 1.54) is 6.20 Å². The third-order valence-electron chi connectivity index (χ3n) is 5.28. The number of aromatic nitrogens is 2. The normalized spacial score (nSPS) is 15.4. The number of anilines is 1. The van der Waals surface area contributed by atoms with Crippen LogP contribution in [0.25, 0.3) is 0 Å². The Morgan fingerprint density at radius 2 is 2.09 bits per heavy atom. The van der Waals surface area contributed by atoms with E-state index < -0.39 is 5.91 Å². The highest BCUT2D eigenvalue weighted by Crippen LogP contribution is 2.24. The maximum Gasteiger partial charge on any atom is 0.263 e. The van der Waals surface area contributed by atoms with Crippen LogP contribution in [0.3, 0.4) is 0 Å². The van der Waals surface area contributed by atoms with Crippen molar-refractivity contribution in [2.24, 2.45) is 0 Å². The van der Waals surface area contributed by atoms with E-state index >= 15 is 0 Å². The number of aryl methyl sites for hydroxylation is 1. The number of hydrogen-bond donors (Lipinski definition) is 1. The summed E-state index contributed by atoms with van der Waals surface area (Å²) in [5, 5.41) is 2.75. The molecule has 4 rings (SSSR count). The Bertz CT molecular complexity index is 1150. The van der Waals surface area contributed by atoms with Gasteiger partial charge in [0.2, 0.25) is 5.88 Å². The fraction of sp³-hybridized carbons (Fsp3) is 0.292. The molecule has 8 heteroatoms. The van der Waals surface area contributed by atoms with Gasteiger partial charge in [0.15, 0.2) is 0 Å². The van der Waals surface area contributed by atoms with Crippen LogP contribution in [0.2, 0.25) is 0 Å². The number of carbonyl (C=O) groups excluding carboxylic acids is 1. The second kappa shape index (κ2) is 9.65. The van der Waals surface area contributed by atoms with Crippen molar-refractivity contribution in [3.63, 3.8) is 0 Å². The first-order chi connectivity index (χ1) is 15.5. The second-order valence-electron chi connectivity index (χ2n) is 7.59. The third kappa shape index (κ3) is 4.97. The van der Waals surface area contributed by atoms with E-state index in [9.17, 15) is 9.59 Å². The molecule has 1 aromatic carbocycles. The summed E-state index contributed by atoms with van der Waals surface area (Å²) in [5.74, 6) is 1.15. The van der Waals surface area contributed by atoms with Gasteiger partial charge >= 0.3 is 0 Å². The van der Waals surface area contributed by atoms with E-state index in [0.29, 0.717) is 41.8 Å². The van der Waals surface area contributed by atoms with Crippen LogP contribution in [0.1, 0.15) is 28.8 Å². The molecule has 3 aromatic rings. The Balaban J connectivity index is 1.46. The molecular weight excluding hydrogens is 410 g/mol. The van der Waals surface area contributed by atoms with Crippen LogP contribution in [0.5, 0.6) is 17.4 Å². The average molecular weight is 435 g/mol. The quantitative estimate of drug-likeness (QED) is 0.607. The van der Waals surface area contributed by atoms with Gasteiger partial charge in [-0.15, -0.1) is 0 Å². The molecule has 1 aliphatic heterocycles. The minimum Gasteiger partial charge on any atom is -0.497 e. The number of nitrogens with zero attached hydrogens (tertiary/aromatic N) is 2. The van der Waals surface area contributed by atoms with Crippen molar-refractivity contribution < 1.29 is 19.0 Å². The van der Waals surface area contributed by atoms with E-state index in [2.05, 4.69) is 10.3 Å². The first-order valence-electron chi connectivity index (χ1n) is 10.4. The molecule has 1 atom stereocenters. The molecule has 32 heavy (non-hydrogen) atoms. The molecule has 1 amide bonds. The average Bonchev–Trinajstić information content (AvgIpc) is 3.30. The Morgan fingerprint density at radius 1 is 1.25 bits per heavy atom. The second-order valence-corrected chi connectivity index (χ2v) is 7.59. The van der Waals surface area contributed by atoms with Gasteiger partial charge in [-0.2, -0.15) is 0 Å². The highest BCUT2D eigenvalue weighted by atomic mass is 16.5. The summed E-state index contributed by atoms with van der Waals surface area (Å²) in [6.45, 7) is 2.90. The SMILES string of the molecule is COc1cccc(Oc2ccc(NC(=O)c3c(C)ccn(CC4CCCO4)c3=O)cn2)c1. The standard InChI is InChI=1S/C24H25N3O5/c1-16-10-11-27(15-20-7-4-12-31-20)24(29)22(16)23(28)26-17-8-9-21(25-14-17)32-19-6-3-5-18(13-19)30-2/h3,5-6,8-11,13-14,20H,4,7,12,15H2,1-2H3,(H,26,28). The van der Waals surface area contributed by atoms with Crippen LogP contribution >= 0.6 is 0 Å². The fourth-order valence-electron chi connectivity index (χ4n) is 3.59. The number of methoxy groups -OCH3 is 1. The van der Waals surface area contributed by atoms with Crippen LogP contribution in [0, 0.1) is 6.92 Å². The van der Waals surface area contributed by atoms with Crippen molar-refractivity contribution in [2.45, 2.75) is 32.4 Å². The van der Waals surface area contributed by atoms with Gasteiger partial charge in [-0.05, 0) is 49.6 Å². The van der Waals surface area contributed by atoms with Crippen molar-refractivity contribution in [1.82, 2.24) is 9.55 Å². The molecule has 0 bridgehead atoms. The number of ether oxygens (including phenoxy) is 3. The maximum atomic E-state index is 12.9. The summed E-state index contributed by atoms with van der Waals surface area (Å²) >= 11 is 0. The summed E-state index contributed by atoms with van der Waals surface area (Å²) in [4.78, 5) is 30.0. The third-order valence-corrected chi connectivity index (χ3v) is 5.28. The number of pyridine rings is 2. The topological polar surface area (TPSA) is 91.7 Å². The monoisotopic (exact) mass is 435 g/mol. The van der Waals surface area contributed by atoms with Crippen molar-refractivity contribution >= 4 is 11.6 Å². The fourth-order valence-corrected chi connectivity index (χ4v) is 3.59. The van der Waals surface area contributed by atoms with Crippen LogP contribution in [0.4, 0.5) is 5.69 Å². The van der Waals surface area contributed by atoms with Crippen molar-refractivity contribution in [1.29, 1.82) is 0 Å². The first-order valence-corrected chi connectivity index (χ1v) is 10.4. The number of rotatable bonds is 7. The minimum atomic E-state index is -0.475. The largest absolute Gasteiger partial charge is 0.497 e. The van der Waals surface area contributed by atoms with E-state index in [0.717, 1.165) is 12.8 Å².